The molecule has 0 saturated carbocycles. The Morgan fingerprint density at radius 1 is 1.42 bits per heavy atom. The first kappa shape index (κ1) is 15.7. The Kier molecular flexibility index (Phi) is 3.55. The monoisotopic (exact) mass is 331 g/mol. The van der Waals surface area contributed by atoms with Crippen LogP contribution in [-0.4, -0.2) is 36.4 Å². The van der Waals surface area contributed by atoms with Crippen LogP contribution in [0.15, 0.2) is 35.4 Å². The van der Waals surface area contributed by atoms with E-state index in [-0.39, 0.29) is 5.82 Å². The lowest BCUT2D eigenvalue weighted by Crippen LogP contribution is -2.40. The van der Waals surface area contributed by atoms with E-state index >= 15 is 0 Å². The molecule has 0 aromatic carbocycles. The van der Waals surface area contributed by atoms with Gasteiger partial charge in [-0.05, 0) is 26.0 Å². The maximum Gasteiger partial charge on any atom is 0.328 e. The first-order valence-corrected chi connectivity index (χ1v) is 7.03. The van der Waals surface area contributed by atoms with E-state index in [9.17, 15) is 14.0 Å². The van der Waals surface area contributed by atoms with Gasteiger partial charge in [-0.2, -0.15) is 4.68 Å². The first-order valence-electron chi connectivity index (χ1n) is 7.03. The lowest BCUT2D eigenvalue weighted by molar-refractivity contribution is -0.141. The molecule has 0 fully saturated rings. The van der Waals surface area contributed by atoms with Crippen molar-refractivity contribution in [3.05, 3.63) is 46.8 Å². The Balaban J connectivity index is 2.11. The summed E-state index contributed by atoms with van der Waals surface area (Å²) in [7, 11) is 0. The number of hydrogen-bond donors (Lipinski definition) is 3. The minimum atomic E-state index is -1.27. The van der Waals surface area contributed by atoms with Gasteiger partial charge < -0.3 is 15.4 Å². The second-order valence-corrected chi connectivity index (χ2v) is 5.75. The van der Waals surface area contributed by atoms with Crippen LogP contribution in [0.1, 0.15) is 13.8 Å². The zero-order chi connectivity index (χ0) is 17.5. The third kappa shape index (κ3) is 2.71. The summed E-state index contributed by atoms with van der Waals surface area (Å²) in [6, 6.07) is 3.87. The number of carboxylic acid groups (broad SMARTS) is 1. The van der Waals surface area contributed by atoms with Crippen molar-refractivity contribution in [2.24, 2.45) is 0 Å². The molecule has 0 bridgehead atoms. The molecular formula is C15H14FN5O3. The molecule has 3 rings (SSSR count). The number of carbonyl (C=O) groups is 1. The van der Waals surface area contributed by atoms with Crippen LogP contribution in [0.25, 0.3) is 16.7 Å². The predicted molar refractivity (Wildman–Crippen MR) is 84.8 cm³/mol. The van der Waals surface area contributed by atoms with Crippen LogP contribution in [0.5, 0.6) is 0 Å². The molecule has 24 heavy (non-hydrogen) atoms. The van der Waals surface area contributed by atoms with Crippen molar-refractivity contribution in [2.45, 2.75) is 19.4 Å². The van der Waals surface area contributed by atoms with Gasteiger partial charge in [-0.3, -0.25) is 4.79 Å². The Morgan fingerprint density at radius 3 is 2.88 bits per heavy atom. The fraction of sp³-hybridized carbons (Fsp3) is 0.200. The van der Waals surface area contributed by atoms with Crippen LogP contribution < -0.4 is 10.9 Å². The number of rotatable bonds is 4. The average molecular weight is 331 g/mol. The van der Waals surface area contributed by atoms with Gasteiger partial charge in [-0.25, -0.2) is 14.2 Å². The predicted octanol–water partition coefficient (Wildman–Crippen LogP) is 1.52. The van der Waals surface area contributed by atoms with Crippen LogP contribution in [0.3, 0.4) is 0 Å². The van der Waals surface area contributed by atoms with Crippen LogP contribution in [0.2, 0.25) is 0 Å². The maximum atomic E-state index is 13.4. The molecule has 0 spiro atoms. The molecule has 0 atom stereocenters. The number of fused-ring (bicyclic) bond motifs is 1. The Bertz CT molecular complexity index is 992. The summed E-state index contributed by atoms with van der Waals surface area (Å²) < 4.78 is 14.5. The van der Waals surface area contributed by atoms with Gasteiger partial charge >= 0.3 is 5.97 Å². The fourth-order valence-electron chi connectivity index (χ4n) is 2.16. The van der Waals surface area contributed by atoms with Crippen LogP contribution in [0.4, 0.5) is 10.2 Å². The molecular weight excluding hydrogens is 317 g/mol. The lowest BCUT2D eigenvalue weighted by atomic mass is 10.1. The van der Waals surface area contributed by atoms with E-state index in [0.29, 0.717) is 16.7 Å². The van der Waals surface area contributed by atoms with E-state index in [2.05, 4.69) is 20.4 Å². The number of halogens is 1. The number of aromatic amines is 1. The number of nitrogens with one attached hydrogen (secondary N) is 2. The van der Waals surface area contributed by atoms with Crippen molar-refractivity contribution in [3.8, 4) is 5.69 Å². The van der Waals surface area contributed by atoms with Gasteiger partial charge in [0.1, 0.15) is 22.8 Å². The molecule has 3 N–H and O–H groups in total. The topological polar surface area (TPSA) is 113 Å². The number of pyridine rings is 1. The van der Waals surface area contributed by atoms with Crippen molar-refractivity contribution in [2.75, 3.05) is 5.32 Å². The van der Waals surface area contributed by atoms with Gasteiger partial charge in [-0.1, -0.05) is 0 Å². The van der Waals surface area contributed by atoms with Crippen molar-refractivity contribution >= 4 is 22.8 Å². The minimum absolute atomic E-state index is 0.195. The van der Waals surface area contributed by atoms with E-state index in [0.717, 1.165) is 10.9 Å². The normalized spacial score (nSPS) is 11.6. The molecule has 0 unspecified atom stereocenters. The maximum absolute atomic E-state index is 13.4. The third-order valence-electron chi connectivity index (χ3n) is 3.48. The third-order valence-corrected chi connectivity index (χ3v) is 3.48. The number of nitrogens with zero attached hydrogens (tertiary/aromatic N) is 3. The number of H-pyrrole nitrogens is 1. The number of aliphatic carboxylic acids is 1. The summed E-state index contributed by atoms with van der Waals surface area (Å²) in [4.78, 5) is 30.1. The summed E-state index contributed by atoms with van der Waals surface area (Å²) >= 11 is 0. The highest BCUT2D eigenvalue weighted by molar-refractivity contribution is 5.85. The fourth-order valence-corrected chi connectivity index (χ4v) is 2.16. The molecule has 0 amide bonds. The van der Waals surface area contributed by atoms with Gasteiger partial charge in [0.25, 0.3) is 5.56 Å². The number of anilines is 1. The average Bonchev–Trinajstić information content (AvgIpc) is 2.91. The number of aromatic nitrogens is 4. The summed E-state index contributed by atoms with van der Waals surface area (Å²) in [6.07, 6.45) is 2.55. The van der Waals surface area contributed by atoms with Gasteiger partial charge in [0, 0.05) is 17.6 Å². The van der Waals surface area contributed by atoms with E-state index in [4.69, 9.17) is 5.11 Å². The van der Waals surface area contributed by atoms with E-state index in [1.165, 1.54) is 38.2 Å². The molecule has 124 valence electrons. The molecule has 9 heteroatoms. The van der Waals surface area contributed by atoms with Gasteiger partial charge in [0.2, 0.25) is 0 Å². The van der Waals surface area contributed by atoms with Gasteiger partial charge in [-0.15, -0.1) is 5.10 Å². The highest BCUT2D eigenvalue weighted by Crippen LogP contribution is 2.20. The Labute approximate surface area is 135 Å². The van der Waals surface area contributed by atoms with Crippen molar-refractivity contribution < 1.29 is 14.3 Å². The van der Waals surface area contributed by atoms with Crippen molar-refractivity contribution in [1.82, 2.24) is 19.7 Å². The minimum Gasteiger partial charge on any atom is -0.480 e. The molecule has 3 heterocycles. The molecule has 0 aliphatic heterocycles. The van der Waals surface area contributed by atoms with E-state index < -0.39 is 22.9 Å². The Morgan fingerprint density at radius 2 is 2.17 bits per heavy atom. The SMILES string of the molecule is CC(C)(Nc1ccc(=O)n(-c2c[nH]c3ncc(F)cc23)n1)C(=O)O. The molecule has 0 aliphatic carbocycles. The second kappa shape index (κ2) is 5.44. The molecule has 0 saturated heterocycles. The standard InChI is InChI=1S/C15H14FN5O3/c1-15(2,14(23)24)19-11-3-4-12(22)21(20-11)10-7-18-13-9(10)5-8(16)6-17-13/h3-7H,1-2H3,(H,17,18)(H,19,20)(H,23,24). The number of hydrogen-bond acceptors (Lipinski definition) is 5. The van der Waals surface area contributed by atoms with E-state index in [1.807, 2.05) is 0 Å². The highest BCUT2D eigenvalue weighted by Gasteiger charge is 2.27. The molecule has 3 aromatic heterocycles. The van der Waals surface area contributed by atoms with Gasteiger partial charge in [0.05, 0.1) is 11.9 Å². The quantitative estimate of drug-likeness (QED) is 0.668. The summed E-state index contributed by atoms with van der Waals surface area (Å²) in [5, 5.41) is 16.4. The van der Waals surface area contributed by atoms with Gasteiger partial charge in [0.15, 0.2) is 0 Å². The van der Waals surface area contributed by atoms with Crippen molar-refractivity contribution in [1.29, 1.82) is 0 Å². The lowest BCUT2D eigenvalue weighted by Gasteiger charge is -2.21. The van der Waals surface area contributed by atoms with Crippen molar-refractivity contribution in [3.63, 3.8) is 0 Å². The summed E-state index contributed by atoms with van der Waals surface area (Å²) in [5.74, 6) is -1.42. The molecule has 0 aliphatic rings. The number of carboxylic acids is 1. The molecule has 3 aromatic rings. The zero-order valence-corrected chi connectivity index (χ0v) is 12.9. The van der Waals surface area contributed by atoms with E-state index in [1.54, 1.807) is 0 Å². The van der Waals surface area contributed by atoms with Crippen LogP contribution in [0, 0.1) is 5.82 Å². The van der Waals surface area contributed by atoms with Crippen LogP contribution >= 0.6 is 0 Å². The highest BCUT2D eigenvalue weighted by atomic mass is 19.1. The smallest absolute Gasteiger partial charge is 0.328 e. The molecule has 0 radical (unpaired) electrons. The first-order chi connectivity index (χ1) is 11.3. The zero-order valence-electron chi connectivity index (χ0n) is 12.9. The second-order valence-electron chi connectivity index (χ2n) is 5.75. The summed E-state index contributed by atoms with van der Waals surface area (Å²) in [5.41, 5.74) is -0.995. The summed E-state index contributed by atoms with van der Waals surface area (Å²) in [6.45, 7) is 2.94. The molecule has 8 nitrogen and oxygen atoms in total. The largest absolute Gasteiger partial charge is 0.480 e. The Hall–Kier alpha value is -3.23. The van der Waals surface area contributed by atoms with Crippen LogP contribution in [-0.2, 0) is 4.79 Å².